The Morgan fingerprint density at radius 2 is 1.94 bits per heavy atom. The Morgan fingerprint density at radius 1 is 1.38 bits per heavy atom. The van der Waals surface area contributed by atoms with Crippen LogP contribution in [0.5, 0.6) is 0 Å². The first kappa shape index (κ1) is 14.3. The number of ether oxygens (including phenoxy) is 2. The predicted octanol–water partition coefficient (Wildman–Crippen LogP) is 2.03. The average molecular weight is 223 g/mol. The maximum Gasteiger partial charge on any atom is 0.311 e. The molecular formula is C12H17NO3. The first-order valence-electron chi connectivity index (χ1n) is 4.89. The highest BCUT2D eigenvalue weighted by Gasteiger charge is 2.33. The van der Waals surface area contributed by atoms with Crippen LogP contribution in [0.15, 0.2) is 17.6 Å². The van der Waals surface area contributed by atoms with Gasteiger partial charge in [0.1, 0.15) is 6.07 Å². The second-order valence-corrected chi connectivity index (χ2v) is 3.96. The maximum absolute atomic E-state index is 11.5. The lowest BCUT2D eigenvalue weighted by molar-refractivity contribution is -0.152. The largest absolute Gasteiger partial charge is 0.481 e. The lowest BCUT2D eigenvalue weighted by Crippen LogP contribution is -2.31. The molecule has 1 unspecified atom stereocenters. The number of hydrogen-bond acceptors (Lipinski definition) is 4. The van der Waals surface area contributed by atoms with Crippen LogP contribution in [0.2, 0.25) is 0 Å². The van der Waals surface area contributed by atoms with Gasteiger partial charge in [0.25, 0.3) is 0 Å². The zero-order chi connectivity index (χ0) is 12.8. The van der Waals surface area contributed by atoms with Gasteiger partial charge in [-0.2, -0.15) is 5.26 Å². The molecule has 0 aliphatic rings. The fourth-order valence-corrected chi connectivity index (χ4v) is 0.995. The van der Waals surface area contributed by atoms with Crippen LogP contribution in [0.3, 0.4) is 0 Å². The second-order valence-electron chi connectivity index (χ2n) is 3.96. The van der Waals surface area contributed by atoms with Gasteiger partial charge in [-0.05, 0) is 25.8 Å². The summed E-state index contributed by atoms with van der Waals surface area (Å²) in [6.07, 6.45) is 1.64. The zero-order valence-electron chi connectivity index (χ0n) is 10.3. The molecule has 0 aromatic heterocycles. The van der Waals surface area contributed by atoms with Gasteiger partial charge in [-0.15, -0.1) is 0 Å². The summed E-state index contributed by atoms with van der Waals surface area (Å²) in [6.45, 7) is 5.41. The summed E-state index contributed by atoms with van der Waals surface area (Å²) in [5.74, 6) is -0.319. The molecule has 1 atom stereocenters. The SMILES string of the molecule is COC(=O)C(C)(C)C(C)C=C=C(C#N)OC. The quantitative estimate of drug-likeness (QED) is 0.316. The molecule has 0 aromatic carbocycles. The molecule has 0 aliphatic carbocycles. The smallest absolute Gasteiger partial charge is 0.311 e. The van der Waals surface area contributed by atoms with Gasteiger partial charge in [0.2, 0.25) is 5.76 Å². The number of hydrogen-bond donors (Lipinski definition) is 0. The van der Waals surface area contributed by atoms with E-state index < -0.39 is 5.41 Å². The van der Waals surface area contributed by atoms with Crippen LogP contribution in [-0.2, 0) is 14.3 Å². The first-order valence-corrected chi connectivity index (χ1v) is 4.89. The van der Waals surface area contributed by atoms with Crippen LogP contribution in [0.4, 0.5) is 0 Å². The van der Waals surface area contributed by atoms with Crippen LogP contribution in [-0.4, -0.2) is 20.2 Å². The topological polar surface area (TPSA) is 59.3 Å². The standard InChI is InChI=1S/C12H17NO3/c1-9(6-7-10(8-13)15-4)12(2,3)11(14)16-5/h6,9H,1-5H3. The van der Waals surface area contributed by atoms with E-state index in [9.17, 15) is 4.79 Å². The van der Waals surface area contributed by atoms with E-state index in [2.05, 4.69) is 5.73 Å². The van der Waals surface area contributed by atoms with Gasteiger partial charge < -0.3 is 9.47 Å². The first-order chi connectivity index (χ1) is 7.39. The molecule has 0 spiro atoms. The number of allylic oxidation sites excluding steroid dienone is 1. The Balaban J connectivity index is 4.97. The van der Waals surface area contributed by atoms with E-state index in [0.29, 0.717) is 0 Å². The summed E-state index contributed by atoms with van der Waals surface area (Å²) in [7, 11) is 2.75. The zero-order valence-corrected chi connectivity index (χ0v) is 10.3. The van der Waals surface area contributed by atoms with Crippen molar-refractivity contribution >= 4 is 5.97 Å². The number of rotatable bonds is 4. The number of nitrogens with zero attached hydrogens (tertiary/aromatic N) is 1. The Labute approximate surface area is 96.2 Å². The molecule has 0 aliphatic heterocycles. The van der Waals surface area contributed by atoms with Crippen LogP contribution in [0.25, 0.3) is 0 Å². The minimum absolute atomic E-state index is 0.0903. The van der Waals surface area contributed by atoms with Crippen molar-refractivity contribution in [2.24, 2.45) is 11.3 Å². The van der Waals surface area contributed by atoms with Gasteiger partial charge in [0, 0.05) is 0 Å². The molecule has 0 heterocycles. The van der Waals surface area contributed by atoms with E-state index in [0.717, 1.165) is 0 Å². The van der Waals surface area contributed by atoms with E-state index in [1.165, 1.54) is 14.2 Å². The molecule has 0 amide bonds. The van der Waals surface area contributed by atoms with Crippen LogP contribution in [0.1, 0.15) is 20.8 Å². The van der Waals surface area contributed by atoms with Crippen molar-refractivity contribution in [3.8, 4) is 6.07 Å². The number of carbonyl (C=O) groups excluding carboxylic acids is 1. The lowest BCUT2D eigenvalue weighted by Gasteiger charge is -2.25. The fraction of sp³-hybridized carbons (Fsp3) is 0.583. The third-order valence-electron chi connectivity index (χ3n) is 2.62. The highest BCUT2D eigenvalue weighted by Crippen LogP contribution is 2.28. The third-order valence-corrected chi connectivity index (χ3v) is 2.62. The molecule has 0 aromatic rings. The van der Waals surface area contributed by atoms with E-state index in [4.69, 9.17) is 14.7 Å². The molecule has 0 rings (SSSR count). The van der Waals surface area contributed by atoms with Gasteiger partial charge in [0.05, 0.1) is 19.6 Å². The molecule has 0 radical (unpaired) electrons. The summed E-state index contributed by atoms with van der Waals surface area (Å²) < 4.78 is 9.45. The summed E-state index contributed by atoms with van der Waals surface area (Å²) in [6, 6.07) is 1.84. The Kier molecular flexibility index (Phi) is 5.35. The number of carbonyl (C=O) groups is 1. The predicted molar refractivity (Wildman–Crippen MR) is 59.2 cm³/mol. The Bertz CT molecular complexity index is 357. The highest BCUT2D eigenvalue weighted by atomic mass is 16.5. The summed E-state index contributed by atoms with van der Waals surface area (Å²) in [4.78, 5) is 11.5. The van der Waals surface area contributed by atoms with Gasteiger partial charge in [-0.3, -0.25) is 4.79 Å². The molecule has 4 heteroatoms. The normalized spacial score (nSPS) is 11.8. The second kappa shape index (κ2) is 5.99. The van der Waals surface area contributed by atoms with E-state index in [1.54, 1.807) is 19.9 Å². The van der Waals surface area contributed by atoms with Gasteiger partial charge in [-0.1, -0.05) is 12.7 Å². The maximum atomic E-state index is 11.5. The monoisotopic (exact) mass is 223 g/mol. The fourth-order valence-electron chi connectivity index (χ4n) is 0.995. The Hall–Kier alpha value is -1.72. The number of methoxy groups -OCH3 is 2. The minimum Gasteiger partial charge on any atom is -0.481 e. The van der Waals surface area contributed by atoms with Crippen molar-refractivity contribution in [2.45, 2.75) is 20.8 Å². The summed E-state index contributed by atoms with van der Waals surface area (Å²) in [5.41, 5.74) is 2.05. The van der Waals surface area contributed by atoms with Gasteiger partial charge in [-0.25, -0.2) is 0 Å². The van der Waals surface area contributed by atoms with Crippen LogP contribution in [0, 0.1) is 22.7 Å². The van der Waals surface area contributed by atoms with E-state index in [1.807, 2.05) is 13.0 Å². The molecule has 88 valence electrons. The molecule has 0 bridgehead atoms. The Morgan fingerprint density at radius 3 is 2.31 bits per heavy atom. The third kappa shape index (κ3) is 3.45. The van der Waals surface area contributed by atoms with Crippen molar-refractivity contribution in [3.05, 3.63) is 17.6 Å². The van der Waals surface area contributed by atoms with Crippen molar-refractivity contribution in [3.63, 3.8) is 0 Å². The molecule has 0 fully saturated rings. The van der Waals surface area contributed by atoms with Crippen molar-refractivity contribution in [1.29, 1.82) is 5.26 Å². The molecule has 16 heavy (non-hydrogen) atoms. The molecule has 0 saturated heterocycles. The molecule has 0 saturated carbocycles. The average Bonchev–Trinajstić information content (AvgIpc) is 2.28. The summed E-state index contributed by atoms with van der Waals surface area (Å²) >= 11 is 0. The minimum atomic E-state index is -0.657. The van der Waals surface area contributed by atoms with Crippen LogP contribution < -0.4 is 0 Å². The van der Waals surface area contributed by atoms with Crippen LogP contribution >= 0.6 is 0 Å². The highest BCUT2D eigenvalue weighted by molar-refractivity contribution is 5.76. The van der Waals surface area contributed by atoms with Gasteiger partial charge in [0.15, 0.2) is 0 Å². The van der Waals surface area contributed by atoms with Gasteiger partial charge >= 0.3 is 5.97 Å². The van der Waals surface area contributed by atoms with Crippen molar-refractivity contribution in [2.75, 3.05) is 14.2 Å². The van der Waals surface area contributed by atoms with Crippen molar-refractivity contribution < 1.29 is 14.3 Å². The molecule has 0 N–H and O–H groups in total. The number of esters is 1. The summed E-state index contributed by atoms with van der Waals surface area (Å²) in [5, 5.41) is 8.61. The lowest BCUT2D eigenvalue weighted by atomic mass is 9.80. The number of nitriles is 1. The molecular weight excluding hydrogens is 206 g/mol. The van der Waals surface area contributed by atoms with E-state index in [-0.39, 0.29) is 17.6 Å². The molecule has 4 nitrogen and oxygen atoms in total. The van der Waals surface area contributed by atoms with Crippen molar-refractivity contribution in [1.82, 2.24) is 0 Å². The van der Waals surface area contributed by atoms with E-state index >= 15 is 0 Å².